The van der Waals surface area contributed by atoms with E-state index in [0.29, 0.717) is 16.3 Å². The molecule has 0 aliphatic carbocycles. The first-order chi connectivity index (χ1) is 11.3. The SMILES string of the molecule is CCn1c(C)cc(C(=O)OCC(=O)Nc2ccc(C)cc2Cl)c1C. The fourth-order valence-corrected chi connectivity index (χ4v) is 2.89. The predicted molar refractivity (Wildman–Crippen MR) is 94.7 cm³/mol. The van der Waals surface area contributed by atoms with Crippen molar-refractivity contribution in [2.24, 2.45) is 0 Å². The van der Waals surface area contributed by atoms with E-state index in [4.69, 9.17) is 16.3 Å². The molecule has 0 bridgehead atoms. The Morgan fingerprint density at radius 2 is 1.92 bits per heavy atom. The predicted octanol–water partition coefficient (Wildman–Crippen LogP) is 3.88. The zero-order chi connectivity index (χ0) is 17.9. The van der Waals surface area contributed by atoms with E-state index in [1.807, 2.05) is 38.3 Å². The molecule has 0 fully saturated rings. The number of halogens is 1. The van der Waals surface area contributed by atoms with Gasteiger partial charge < -0.3 is 14.6 Å². The van der Waals surface area contributed by atoms with Crippen molar-refractivity contribution in [1.82, 2.24) is 4.57 Å². The summed E-state index contributed by atoms with van der Waals surface area (Å²) in [4.78, 5) is 24.1. The molecule has 1 heterocycles. The van der Waals surface area contributed by atoms with Crippen molar-refractivity contribution in [3.05, 3.63) is 51.8 Å². The van der Waals surface area contributed by atoms with Crippen molar-refractivity contribution in [2.45, 2.75) is 34.2 Å². The number of carbonyl (C=O) groups is 2. The summed E-state index contributed by atoms with van der Waals surface area (Å²) in [5.41, 5.74) is 3.79. The molecule has 6 heteroatoms. The molecular formula is C18H21ClN2O3. The average molecular weight is 349 g/mol. The summed E-state index contributed by atoms with van der Waals surface area (Å²) in [5, 5.41) is 3.08. The van der Waals surface area contributed by atoms with E-state index in [-0.39, 0.29) is 6.61 Å². The first kappa shape index (κ1) is 18.1. The Balaban J connectivity index is 1.97. The van der Waals surface area contributed by atoms with Crippen LogP contribution in [-0.4, -0.2) is 23.1 Å². The molecule has 0 saturated heterocycles. The molecule has 1 aromatic carbocycles. The lowest BCUT2D eigenvalue weighted by Crippen LogP contribution is -2.21. The van der Waals surface area contributed by atoms with Crippen LogP contribution in [-0.2, 0) is 16.1 Å². The van der Waals surface area contributed by atoms with E-state index >= 15 is 0 Å². The van der Waals surface area contributed by atoms with Gasteiger partial charge in [-0.15, -0.1) is 0 Å². The lowest BCUT2D eigenvalue weighted by Gasteiger charge is -2.09. The van der Waals surface area contributed by atoms with Crippen LogP contribution < -0.4 is 5.32 Å². The van der Waals surface area contributed by atoms with Crippen LogP contribution in [0.2, 0.25) is 5.02 Å². The number of rotatable bonds is 5. The summed E-state index contributed by atoms with van der Waals surface area (Å²) in [6, 6.07) is 7.08. The molecule has 128 valence electrons. The summed E-state index contributed by atoms with van der Waals surface area (Å²) in [6.07, 6.45) is 0. The Bertz CT molecular complexity index is 781. The van der Waals surface area contributed by atoms with Crippen LogP contribution in [0.1, 0.15) is 34.2 Å². The highest BCUT2D eigenvalue weighted by atomic mass is 35.5. The summed E-state index contributed by atoms with van der Waals surface area (Å²) < 4.78 is 7.13. The maximum Gasteiger partial charge on any atom is 0.340 e. The second-order valence-electron chi connectivity index (χ2n) is 5.64. The average Bonchev–Trinajstić information content (AvgIpc) is 2.82. The molecule has 24 heavy (non-hydrogen) atoms. The van der Waals surface area contributed by atoms with E-state index < -0.39 is 11.9 Å². The summed E-state index contributed by atoms with van der Waals surface area (Å²) in [5.74, 6) is -0.939. The van der Waals surface area contributed by atoms with Crippen LogP contribution >= 0.6 is 11.6 Å². The Hall–Kier alpha value is -2.27. The highest BCUT2D eigenvalue weighted by Gasteiger charge is 2.17. The Labute approximate surface area is 146 Å². The Morgan fingerprint density at radius 1 is 1.21 bits per heavy atom. The lowest BCUT2D eigenvalue weighted by molar-refractivity contribution is -0.119. The monoisotopic (exact) mass is 348 g/mol. The van der Waals surface area contributed by atoms with Gasteiger partial charge in [0.15, 0.2) is 6.61 Å². The van der Waals surface area contributed by atoms with Gasteiger partial charge in [-0.25, -0.2) is 4.79 Å². The normalized spacial score (nSPS) is 10.5. The number of ether oxygens (including phenoxy) is 1. The molecule has 0 saturated carbocycles. The molecule has 1 amide bonds. The standard InChI is InChI=1S/C18H21ClN2O3/c1-5-21-12(3)9-14(13(21)4)18(23)24-10-17(22)20-16-7-6-11(2)8-15(16)19/h6-9H,5,10H2,1-4H3,(H,20,22). The van der Waals surface area contributed by atoms with Gasteiger partial charge in [-0.2, -0.15) is 0 Å². The fourth-order valence-electron chi connectivity index (χ4n) is 2.61. The first-order valence-electron chi connectivity index (χ1n) is 7.73. The van der Waals surface area contributed by atoms with E-state index in [2.05, 4.69) is 5.32 Å². The van der Waals surface area contributed by atoms with Gasteiger partial charge in [-0.1, -0.05) is 17.7 Å². The molecule has 1 aromatic heterocycles. The second-order valence-corrected chi connectivity index (χ2v) is 6.04. The molecular weight excluding hydrogens is 328 g/mol. The maximum atomic E-state index is 12.2. The molecule has 0 aliphatic rings. The fraction of sp³-hybridized carbons (Fsp3) is 0.333. The van der Waals surface area contributed by atoms with Crippen molar-refractivity contribution in [3.8, 4) is 0 Å². The molecule has 0 atom stereocenters. The van der Waals surface area contributed by atoms with E-state index in [1.54, 1.807) is 18.2 Å². The van der Waals surface area contributed by atoms with Gasteiger partial charge in [-0.3, -0.25) is 4.79 Å². The van der Waals surface area contributed by atoms with Gasteiger partial charge in [0.05, 0.1) is 16.3 Å². The van der Waals surface area contributed by atoms with Crippen LogP contribution in [0.5, 0.6) is 0 Å². The topological polar surface area (TPSA) is 60.3 Å². The summed E-state index contributed by atoms with van der Waals surface area (Å²) in [7, 11) is 0. The minimum atomic E-state index is -0.507. The molecule has 0 unspecified atom stereocenters. The highest BCUT2D eigenvalue weighted by molar-refractivity contribution is 6.33. The zero-order valence-electron chi connectivity index (χ0n) is 14.3. The Kier molecular flexibility index (Phi) is 5.67. The van der Waals surface area contributed by atoms with Crippen LogP contribution in [0.25, 0.3) is 0 Å². The number of carbonyl (C=O) groups excluding carboxylic acids is 2. The molecule has 2 aromatic rings. The third kappa shape index (κ3) is 3.97. The van der Waals surface area contributed by atoms with Crippen LogP contribution in [0, 0.1) is 20.8 Å². The lowest BCUT2D eigenvalue weighted by atomic mass is 10.2. The zero-order valence-corrected chi connectivity index (χ0v) is 15.0. The van der Waals surface area contributed by atoms with Crippen LogP contribution in [0.3, 0.4) is 0 Å². The molecule has 0 aliphatic heterocycles. The minimum Gasteiger partial charge on any atom is -0.452 e. The van der Waals surface area contributed by atoms with Crippen molar-refractivity contribution in [3.63, 3.8) is 0 Å². The minimum absolute atomic E-state index is 0.362. The van der Waals surface area contributed by atoms with Crippen molar-refractivity contribution in [1.29, 1.82) is 0 Å². The third-order valence-corrected chi connectivity index (χ3v) is 4.16. The van der Waals surface area contributed by atoms with Crippen molar-refractivity contribution < 1.29 is 14.3 Å². The number of esters is 1. The number of aromatic nitrogens is 1. The molecule has 0 spiro atoms. The molecule has 2 rings (SSSR count). The number of hydrogen-bond acceptors (Lipinski definition) is 3. The number of anilines is 1. The summed E-state index contributed by atoms with van der Waals surface area (Å²) in [6.45, 7) is 8.12. The van der Waals surface area contributed by atoms with E-state index in [9.17, 15) is 9.59 Å². The van der Waals surface area contributed by atoms with Gasteiger partial charge in [0.1, 0.15) is 0 Å². The van der Waals surface area contributed by atoms with Gasteiger partial charge in [0.2, 0.25) is 0 Å². The quantitative estimate of drug-likeness (QED) is 0.834. The molecule has 5 nitrogen and oxygen atoms in total. The van der Waals surface area contributed by atoms with Crippen molar-refractivity contribution >= 4 is 29.2 Å². The van der Waals surface area contributed by atoms with Crippen molar-refractivity contribution in [2.75, 3.05) is 11.9 Å². The number of hydrogen-bond donors (Lipinski definition) is 1. The smallest absolute Gasteiger partial charge is 0.340 e. The summed E-state index contributed by atoms with van der Waals surface area (Å²) >= 11 is 6.06. The highest BCUT2D eigenvalue weighted by Crippen LogP contribution is 2.22. The van der Waals surface area contributed by atoms with Gasteiger partial charge >= 0.3 is 5.97 Å². The first-order valence-corrected chi connectivity index (χ1v) is 8.11. The number of nitrogens with one attached hydrogen (secondary N) is 1. The number of benzene rings is 1. The van der Waals surface area contributed by atoms with Gasteiger partial charge in [-0.05, 0) is 51.5 Å². The van der Waals surface area contributed by atoms with Gasteiger partial charge in [0, 0.05) is 17.9 Å². The van der Waals surface area contributed by atoms with E-state index in [0.717, 1.165) is 23.5 Å². The largest absolute Gasteiger partial charge is 0.452 e. The number of nitrogens with zero attached hydrogens (tertiary/aromatic N) is 1. The van der Waals surface area contributed by atoms with E-state index in [1.165, 1.54) is 0 Å². The van der Waals surface area contributed by atoms with Crippen LogP contribution in [0.15, 0.2) is 24.3 Å². The van der Waals surface area contributed by atoms with Gasteiger partial charge in [0.25, 0.3) is 5.91 Å². The number of aryl methyl sites for hydroxylation is 2. The number of amides is 1. The maximum absolute atomic E-state index is 12.2. The molecule has 0 radical (unpaired) electrons. The van der Waals surface area contributed by atoms with Crippen LogP contribution in [0.4, 0.5) is 5.69 Å². The molecule has 1 N–H and O–H groups in total. The second kappa shape index (κ2) is 7.53. The third-order valence-electron chi connectivity index (χ3n) is 3.84. The Morgan fingerprint density at radius 3 is 2.50 bits per heavy atom.